The molecule has 1 amide bonds. The molecule has 0 fully saturated rings. The average Bonchev–Trinajstić information content (AvgIpc) is 3.01. The molecule has 23 heavy (non-hydrogen) atoms. The Bertz CT molecular complexity index is 738. The highest BCUT2D eigenvalue weighted by molar-refractivity contribution is 5.93. The summed E-state index contributed by atoms with van der Waals surface area (Å²) in [7, 11) is 1.59. The summed E-state index contributed by atoms with van der Waals surface area (Å²) >= 11 is 0. The highest BCUT2D eigenvalue weighted by Crippen LogP contribution is 2.27. The Kier molecular flexibility index (Phi) is 4.36. The fraction of sp³-hybridized carbons (Fsp3) is 0.375. The number of aromatic nitrogens is 4. The van der Waals surface area contributed by atoms with E-state index >= 15 is 0 Å². The number of hydrogen-bond donors (Lipinski definition) is 1. The maximum atomic E-state index is 12.4. The van der Waals surface area contributed by atoms with E-state index in [1.165, 1.54) is 0 Å². The lowest BCUT2D eigenvalue weighted by Gasteiger charge is -2.18. The minimum absolute atomic E-state index is 0.0281. The number of carbonyl (C=O) groups excluding carboxylic acids is 1. The lowest BCUT2D eigenvalue weighted by molar-refractivity contribution is -0.120. The van der Waals surface area contributed by atoms with E-state index < -0.39 is 0 Å². The number of benzene rings is 1. The Morgan fingerprint density at radius 3 is 2.91 bits per heavy atom. The van der Waals surface area contributed by atoms with Gasteiger partial charge < -0.3 is 10.1 Å². The molecule has 3 rings (SSSR count). The van der Waals surface area contributed by atoms with Crippen LogP contribution in [0.2, 0.25) is 0 Å². The molecule has 0 saturated heterocycles. The molecule has 2 aromatic rings. The maximum Gasteiger partial charge on any atom is 0.227 e. The molecule has 7 heteroatoms. The summed E-state index contributed by atoms with van der Waals surface area (Å²) in [6.07, 6.45) is 6.82. The van der Waals surface area contributed by atoms with Crippen molar-refractivity contribution in [1.82, 2.24) is 20.2 Å². The van der Waals surface area contributed by atoms with Crippen molar-refractivity contribution in [2.45, 2.75) is 26.2 Å². The Morgan fingerprint density at radius 1 is 1.39 bits per heavy atom. The van der Waals surface area contributed by atoms with Gasteiger partial charge >= 0.3 is 0 Å². The lowest BCUT2D eigenvalue weighted by atomic mass is 9.93. The molecule has 1 N–H and O–H groups in total. The second-order valence-electron chi connectivity index (χ2n) is 5.50. The Morgan fingerprint density at radius 2 is 2.26 bits per heavy atom. The van der Waals surface area contributed by atoms with Gasteiger partial charge in [0.05, 0.1) is 7.11 Å². The molecule has 1 atom stereocenters. The van der Waals surface area contributed by atoms with Crippen LogP contribution >= 0.6 is 0 Å². The van der Waals surface area contributed by atoms with E-state index in [-0.39, 0.29) is 11.8 Å². The van der Waals surface area contributed by atoms with Crippen molar-refractivity contribution in [3.63, 3.8) is 0 Å². The number of anilines is 1. The van der Waals surface area contributed by atoms with Crippen LogP contribution in [0.3, 0.4) is 0 Å². The van der Waals surface area contributed by atoms with Crippen LogP contribution < -0.4 is 10.1 Å². The van der Waals surface area contributed by atoms with Crippen molar-refractivity contribution in [2.75, 3.05) is 12.4 Å². The molecule has 120 valence electrons. The summed E-state index contributed by atoms with van der Waals surface area (Å²) in [6, 6.07) is 5.43. The monoisotopic (exact) mass is 313 g/mol. The van der Waals surface area contributed by atoms with Crippen molar-refractivity contribution >= 4 is 11.6 Å². The molecule has 1 aromatic carbocycles. The maximum absolute atomic E-state index is 12.4. The van der Waals surface area contributed by atoms with E-state index in [9.17, 15) is 4.79 Å². The number of aryl methyl sites for hydroxylation is 1. The Balaban J connectivity index is 1.85. The number of nitrogens with one attached hydrogen (secondary N) is 1. The quantitative estimate of drug-likeness (QED) is 0.876. The van der Waals surface area contributed by atoms with Crippen LogP contribution in [0.4, 0.5) is 5.69 Å². The zero-order chi connectivity index (χ0) is 16.2. The smallest absolute Gasteiger partial charge is 0.227 e. The largest absolute Gasteiger partial charge is 0.494 e. The summed E-state index contributed by atoms with van der Waals surface area (Å²) < 4.78 is 6.94. The highest BCUT2D eigenvalue weighted by Gasteiger charge is 2.19. The predicted octanol–water partition coefficient (Wildman–Crippen LogP) is 2.27. The number of nitrogens with zero attached hydrogens (tertiary/aromatic N) is 4. The first kappa shape index (κ1) is 15.2. The number of hydrogen-bond acceptors (Lipinski definition) is 5. The van der Waals surface area contributed by atoms with Crippen LogP contribution in [-0.2, 0) is 4.79 Å². The third kappa shape index (κ3) is 3.23. The standard InChI is InChI=1S/C16H19N5O2/c1-11-18-19-20-21(11)14-10-13(8-9-15(14)23-2)17-16(22)12-6-4-3-5-7-12/h3-4,8-10,12H,5-7H2,1-2H3,(H,17,22)/t12-/m1/s1. The highest BCUT2D eigenvalue weighted by atomic mass is 16.5. The van der Waals surface area contributed by atoms with Gasteiger partial charge in [-0.25, -0.2) is 0 Å². The van der Waals surface area contributed by atoms with Crippen molar-refractivity contribution in [3.05, 3.63) is 36.2 Å². The first-order chi connectivity index (χ1) is 11.2. The second kappa shape index (κ2) is 6.60. The number of allylic oxidation sites excluding steroid dienone is 2. The number of tetrazole rings is 1. The van der Waals surface area contributed by atoms with Crippen LogP contribution in [0.1, 0.15) is 25.1 Å². The van der Waals surface area contributed by atoms with Gasteiger partial charge in [0.25, 0.3) is 0 Å². The van der Waals surface area contributed by atoms with Gasteiger partial charge in [-0.1, -0.05) is 12.2 Å². The zero-order valence-corrected chi connectivity index (χ0v) is 13.2. The van der Waals surface area contributed by atoms with Crippen LogP contribution in [0.5, 0.6) is 5.75 Å². The minimum Gasteiger partial charge on any atom is -0.494 e. The molecular formula is C16H19N5O2. The summed E-state index contributed by atoms with van der Waals surface area (Å²) in [5.41, 5.74) is 1.39. The fourth-order valence-electron chi connectivity index (χ4n) is 2.66. The Labute approximate surface area is 134 Å². The summed E-state index contributed by atoms with van der Waals surface area (Å²) in [4.78, 5) is 12.4. The number of methoxy groups -OCH3 is 1. The van der Waals surface area contributed by atoms with Crippen molar-refractivity contribution in [3.8, 4) is 11.4 Å². The van der Waals surface area contributed by atoms with Crippen LogP contribution in [-0.4, -0.2) is 33.2 Å². The fourth-order valence-corrected chi connectivity index (χ4v) is 2.66. The normalized spacial score (nSPS) is 17.0. The van der Waals surface area contributed by atoms with Gasteiger partial charge in [-0.15, -0.1) is 5.10 Å². The van der Waals surface area contributed by atoms with Gasteiger partial charge in [-0.05, 0) is 54.8 Å². The summed E-state index contributed by atoms with van der Waals surface area (Å²) in [5.74, 6) is 1.35. The van der Waals surface area contributed by atoms with E-state index in [4.69, 9.17) is 4.74 Å². The average molecular weight is 313 g/mol. The first-order valence-electron chi connectivity index (χ1n) is 7.58. The van der Waals surface area contributed by atoms with E-state index in [1.807, 2.05) is 12.1 Å². The summed E-state index contributed by atoms with van der Waals surface area (Å²) in [5, 5.41) is 14.5. The van der Waals surface area contributed by atoms with Gasteiger partial charge in [0.15, 0.2) is 5.82 Å². The zero-order valence-electron chi connectivity index (χ0n) is 13.2. The molecule has 7 nitrogen and oxygen atoms in total. The van der Waals surface area contributed by atoms with Crippen LogP contribution in [0.25, 0.3) is 5.69 Å². The van der Waals surface area contributed by atoms with E-state index in [0.29, 0.717) is 22.9 Å². The molecule has 1 aromatic heterocycles. The summed E-state index contributed by atoms with van der Waals surface area (Å²) in [6.45, 7) is 1.80. The molecule has 1 aliphatic carbocycles. The van der Waals surface area contributed by atoms with Crippen molar-refractivity contribution < 1.29 is 9.53 Å². The van der Waals surface area contributed by atoms with Crippen LogP contribution in [0, 0.1) is 12.8 Å². The molecule has 0 unspecified atom stereocenters. The van der Waals surface area contributed by atoms with Crippen molar-refractivity contribution in [2.24, 2.45) is 5.92 Å². The SMILES string of the molecule is COc1ccc(NC(=O)[C@@H]2CC=CCC2)cc1-n1nnnc1C. The van der Waals surface area contributed by atoms with E-state index in [0.717, 1.165) is 19.3 Å². The number of carbonyl (C=O) groups is 1. The molecule has 1 heterocycles. The van der Waals surface area contributed by atoms with Gasteiger partial charge in [0, 0.05) is 11.6 Å². The molecular weight excluding hydrogens is 294 g/mol. The topological polar surface area (TPSA) is 81.9 Å². The number of ether oxygens (including phenoxy) is 1. The molecule has 0 radical (unpaired) electrons. The predicted molar refractivity (Wildman–Crippen MR) is 85.6 cm³/mol. The van der Waals surface area contributed by atoms with Crippen molar-refractivity contribution in [1.29, 1.82) is 0 Å². The number of rotatable bonds is 4. The van der Waals surface area contributed by atoms with Gasteiger partial charge in [-0.3, -0.25) is 4.79 Å². The minimum atomic E-state index is 0.0281. The molecule has 0 aliphatic heterocycles. The Hall–Kier alpha value is -2.70. The lowest BCUT2D eigenvalue weighted by Crippen LogP contribution is -2.23. The third-order valence-corrected chi connectivity index (χ3v) is 3.94. The number of amides is 1. The molecule has 0 saturated carbocycles. The third-order valence-electron chi connectivity index (χ3n) is 3.94. The van der Waals surface area contributed by atoms with E-state index in [1.54, 1.807) is 24.8 Å². The molecule has 1 aliphatic rings. The molecule has 0 spiro atoms. The first-order valence-corrected chi connectivity index (χ1v) is 7.58. The van der Waals surface area contributed by atoms with Gasteiger partial charge in [-0.2, -0.15) is 4.68 Å². The van der Waals surface area contributed by atoms with E-state index in [2.05, 4.69) is 33.0 Å². The van der Waals surface area contributed by atoms with Gasteiger partial charge in [0.2, 0.25) is 5.91 Å². The van der Waals surface area contributed by atoms with Gasteiger partial charge in [0.1, 0.15) is 11.4 Å². The second-order valence-corrected chi connectivity index (χ2v) is 5.50. The molecule has 0 bridgehead atoms. The van der Waals surface area contributed by atoms with Crippen LogP contribution in [0.15, 0.2) is 30.4 Å².